The molecular weight excluding hydrogens is 144 g/mol. The zero-order valence-electron chi connectivity index (χ0n) is 9.14. The van der Waals surface area contributed by atoms with Gasteiger partial charge in [0.15, 0.2) is 0 Å². The van der Waals surface area contributed by atoms with Gasteiger partial charge in [0.1, 0.15) is 0 Å². The molecule has 1 rings (SSSR count). The molecular formula is C12H24. The molecule has 0 bridgehead atoms. The Kier molecular flexibility index (Phi) is 3.61. The predicted octanol–water partition coefficient (Wildman–Crippen LogP) is 4.10. The van der Waals surface area contributed by atoms with Crippen LogP contribution < -0.4 is 0 Å². The van der Waals surface area contributed by atoms with E-state index in [1.54, 1.807) is 0 Å². The van der Waals surface area contributed by atoms with Crippen LogP contribution in [0.25, 0.3) is 0 Å². The zero-order valence-corrected chi connectivity index (χ0v) is 9.14. The Labute approximate surface area is 77.7 Å². The summed E-state index contributed by atoms with van der Waals surface area (Å²) < 4.78 is 0. The van der Waals surface area contributed by atoms with E-state index in [1.807, 2.05) is 0 Å². The maximum Gasteiger partial charge on any atom is -0.0386 e. The summed E-state index contributed by atoms with van der Waals surface area (Å²) in [6.45, 7) is 9.54. The Balaban J connectivity index is 2.45. The summed E-state index contributed by atoms with van der Waals surface area (Å²) in [7, 11) is 0. The van der Waals surface area contributed by atoms with Crippen LogP contribution in [0.5, 0.6) is 0 Å². The van der Waals surface area contributed by atoms with Crippen LogP contribution in [0.3, 0.4) is 0 Å². The van der Waals surface area contributed by atoms with E-state index in [1.165, 1.54) is 25.7 Å². The van der Waals surface area contributed by atoms with Gasteiger partial charge in [-0.15, -0.1) is 0 Å². The Morgan fingerprint density at radius 2 is 1.83 bits per heavy atom. The van der Waals surface area contributed by atoms with E-state index in [-0.39, 0.29) is 0 Å². The van der Waals surface area contributed by atoms with E-state index >= 15 is 0 Å². The Morgan fingerprint density at radius 1 is 1.17 bits per heavy atom. The second-order valence-electron chi connectivity index (χ2n) is 5.09. The summed E-state index contributed by atoms with van der Waals surface area (Å²) in [5, 5.41) is 0. The highest BCUT2D eigenvalue weighted by Crippen LogP contribution is 2.38. The summed E-state index contributed by atoms with van der Waals surface area (Å²) in [4.78, 5) is 0. The molecule has 0 N–H and O–H groups in total. The molecule has 0 aromatic rings. The molecule has 0 radical (unpaired) electrons. The maximum atomic E-state index is 2.43. The first kappa shape index (κ1) is 10.1. The van der Waals surface area contributed by atoms with Gasteiger partial charge >= 0.3 is 0 Å². The van der Waals surface area contributed by atoms with Crippen molar-refractivity contribution in [1.29, 1.82) is 0 Å². The predicted molar refractivity (Wildman–Crippen MR) is 55.1 cm³/mol. The second kappa shape index (κ2) is 4.30. The summed E-state index contributed by atoms with van der Waals surface area (Å²) >= 11 is 0. The van der Waals surface area contributed by atoms with Gasteiger partial charge < -0.3 is 0 Å². The van der Waals surface area contributed by atoms with Crippen molar-refractivity contribution in [2.45, 2.75) is 53.4 Å². The molecule has 0 heterocycles. The van der Waals surface area contributed by atoms with Gasteiger partial charge in [-0.1, -0.05) is 34.1 Å². The van der Waals surface area contributed by atoms with Gasteiger partial charge in [0, 0.05) is 0 Å². The minimum absolute atomic E-state index is 0.904. The van der Waals surface area contributed by atoms with Crippen molar-refractivity contribution in [2.24, 2.45) is 23.7 Å². The minimum atomic E-state index is 0.904. The lowest BCUT2D eigenvalue weighted by Crippen LogP contribution is -2.24. The Morgan fingerprint density at radius 3 is 2.33 bits per heavy atom. The van der Waals surface area contributed by atoms with Crippen molar-refractivity contribution >= 4 is 0 Å². The van der Waals surface area contributed by atoms with Crippen LogP contribution in [0.4, 0.5) is 0 Å². The van der Waals surface area contributed by atoms with E-state index in [0.717, 1.165) is 23.7 Å². The topological polar surface area (TPSA) is 0 Å². The standard InChI is InChI=1S/C12H24/c1-5-11-6-10(4)7-12(8-11)9(2)3/h9-12H,5-8H2,1-4H3. The fraction of sp³-hybridized carbons (Fsp3) is 1.00. The lowest BCUT2D eigenvalue weighted by molar-refractivity contribution is 0.163. The average Bonchev–Trinajstić information content (AvgIpc) is 2.03. The van der Waals surface area contributed by atoms with Crippen LogP contribution in [0.2, 0.25) is 0 Å². The van der Waals surface area contributed by atoms with Gasteiger partial charge in [-0.3, -0.25) is 0 Å². The summed E-state index contributed by atoms with van der Waals surface area (Å²) in [6, 6.07) is 0. The van der Waals surface area contributed by atoms with Crippen LogP contribution in [0, 0.1) is 23.7 Å². The van der Waals surface area contributed by atoms with Crippen molar-refractivity contribution in [3.63, 3.8) is 0 Å². The van der Waals surface area contributed by atoms with Crippen LogP contribution >= 0.6 is 0 Å². The van der Waals surface area contributed by atoms with Gasteiger partial charge in [0.25, 0.3) is 0 Å². The first-order valence-electron chi connectivity index (χ1n) is 5.63. The van der Waals surface area contributed by atoms with Crippen molar-refractivity contribution < 1.29 is 0 Å². The third-order valence-electron chi connectivity index (χ3n) is 3.60. The molecule has 0 aromatic heterocycles. The van der Waals surface area contributed by atoms with E-state index < -0.39 is 0 Å². The van der Waals surface area contributed by atoms with E-state index in [2.05, 4.69) is 27.7 Å². The summed E-state index contributed by atoms with van der Waals surface area (Å²) in [5.74, 6) is 3.93. The molecule has 0 aliphatic heterocycles. The molecule has 1 saturated carbocycles. The van der Waals surface area contributed by atoms with E-state index in [4.69, 9.17) is 0 Å². The molecule has 3 unspecified atom stereocenters. The van der Waals surface area contributed by atoms with Crippen LogP contribution in [0.15, 0.2) is 0 Å². The smallest absolute Gasteiger partial charge is 0.0386 e. The van der Waals surface area contributed by atoms with E-state index in [9.17, 15) is 0 Å². The Bertz CT molecular complexity index is 126. The zero-order chi connectivity index (χ0) is 9.14. The van der Waals surface area contributed by atoms with E-state index in [0.29, 0.717) is 0 Å². The summed E-state index contributed by atoms with van der Waals surface area (Å²) in [6.07, 6.45) is 5.86. The average molecular weight is 168 g/mol. The molecule has 0 saturated heterocycles. The van der Waals surface area contributed by atoms with Crippen LogP contribution in [0.1, 0.15) is 53.4 Å². The maximum absolute atomic E-state index is 2.43. The third kappa shape index (κ3) is 2.50. The minimum Gasteiger partial charge on any atom is -0.0651 e. The number of hydrogen-bond acceptors (Lipinski definition) is 0. The highest BCUT2D eigenvalue weighted by molar-refractivity contribution is 4.77. The highest BCUT2D eigenvalue weighted by atomic mass is 14.3. The molecule has 0 spiro atoms. The molecule has 0 aromatic carbocycles. The molecule has 1 aliphatic rings. The fourth-order valence-electron chi connectivity index (χ4n) is 2.68. The van der Waals surface area contributed by atoms with Crippen molar-refractivity contribution in [2.75, 3.05) is 0 Å². The molecule has 1 fully saturated rings. The van der Waals surface area contributed by atoms with Gasteiger partial charge in [-0.05, 0) is 42.9 Å². The number of rotatable bonds is 2. The van der Waals surface area contributed by atoms with Crippen molar-refractivity contribution in [3.05, 3.63) is 0 Å². The third-order valence-corrected chi connectivity index (χ3v) is 3.60. The molecule has 0 heteroatoms. The van der Waals surface area contributed by atoms with Crippen LogP contribution in [-0.4, -0.2) is 0 Å². The molecule has 0 amide bonds. The van der Waals surface area contributed by atoms with Gasteiger partial charge in [-0.2, -0.15) is 0 Å². The largest absolute Gasteiger partial charge is 0.0651 e. The second-order valence-corrected chi connectivity index (χ2v) is 5.09. The monoisotopic (exact) mass is 168 g/mol. The SMILES string of the molecule is CCC1CC(C)CC(C(C)C)C1. The first-order valence-corrected chi connectivity index (χ1v) is 5.63. The normalized spacial score (nSPS) is 37.2. The highest BCUT2D eigenvalue weighted by Gasteiger charge is 2.26. The van der Waals surface area contributed by atoms with Crippen molar-refractivity contribution in [1.82, 2.24) is 0 Å². The van der Waals surface area contributed by atoms with Gasteiger partial charge in [0.2, 0.25) is 0 Å². The first-order chi connectivity index (χ1) is 5.63. The number of hydrogen-bond donors (Lipinski definition) is 0. The molecule has 1 aliphatic carbocycles. The quantitative estimate of drug-likeness (QED) is 0.582. The molecule has 0 nitrogen and oxygen atoms in total. The lowest BCUT2D eigenvalue weighted by atomic mass is 9.71. The van der Waals surface area contributed by atoms with Gasteiger partial charge in [-0.25, -0.2) is 0 Å². The Hall–Kier alpha value is 0. The van der Waals surface area contributed by atoms with Crippen molar-refractivity contribution in [3.8, 4) is 0 Å². The lowest BCUT2D eigenvalue weighted by Gasteiger charge is -2.35. The molecule has 12 heavy (non-hydrogen) atoms. The molecule has 72 valence electrons. The molecule has 3 atom stereocenters. The van der Waals surface area contributed by atoms with Crippen LogP contribution in [-0.2, 0) is 0 Å². The van der Waals surface area contributed by atoms with Gasteiger partial charge in [0.05, 0.1) is 0 Å². The fourth-order valence-corrected chi connectivity index (χ4v) is 2.68. The summed E-state index contributed by atoms with van der Waals surface area (Å²) in [5.41, 5.74) is 0.